The van der Waals surface area contributed by atoms with E-state index in [1.165, 1.54) is 6.42 Å². The molecule has 0 bridgehead atoms. The lowest BCUT2D eigenvalue weighted by atomic mass is 10.2. The average molecular weight is 291 g/mol. The first-order valence-electron chi connectivity index (χ1n) is 8.09. The summed E-state index contributed by atoms with van der Waals surface area (Å²) in [6.07, 6.45) is 6.22. The van der Waals surface area contributed by atoms with Crippen LogP contribution in [-0.2, 0) is 6.54 Å². The number of rotatable bonds is 5. The normalized spacial score (nSPS) is 20.8. The van der Waals surface area contributed by atoms with Crippen LogP contribution in [0.25, 0.3) is 0 Å². The summed E-state index contributed by atoms with van der Waals surface area (Å²) in [7, 11) is 2.20. The largest absolute Gasteiger partial charge is 0.337 e. The Hall–Kier alpha value is -1.20. The van der Waals surface area contributed by atoms with Crippen LogP contribution in [0, 0.1) is 0 Å². The van der Waals surface area contributed by atoms with E-state index in [4.69, 9.17) is 0 Å². The zero-order valence-corrected chi connectivity index (χ0v) is 13.8. The lowest BCUT2D eigenvalue weighted by Crippen LogP contribution is -2.40. The maximum absolute atomic E-state index is 4.60. The van der Waals surface area contributed by atoms with E-state index in [1.807, 2.05) is 12.4 Å². The number of nitrogens with zero attached hydrogens (tertiary/aromatic N) is 4. The summed E-state index contributed by atoms with van der Waals surface area (Å²) < 4.78 is 0. The zero-order valence-electron chi connectivity index (χ0n) is 13.8. The van der Waals surface area contributed by atoms with Crippen LogP contribution in [0.15, 0.2) is 12.4 Å². The quantitative estimate of drug-likeness (QED) is 0.897. The van der Waals surface area contributed by atoms with Crippen molar-refractivity contribution in [1.29, 1.82) is 0 Å². The molecule has 0 saturated carbocycles. The molecule has 1 atom stereocenters. The van der Waals surface area contributed by atoms with Crippen molar-refractivity contribution in [3.05, 3.63) is 18.0 Å². The molecule has 0 radical (unpaired) electrons. The third-order valence-corrected chi connectivity index (χ3v) is 4.04. The summed E-state index contributed by atoms with van der Waals surface area (Å²) in [5.74, 6) is 0.880. The van der Waals surface area contributed by atoms with Gasteiger partial charge < -0.3 is 15.1 Å². The van der Waals surface area contributed by atoms with Gasteiger partial charge in [-0.15, -0.1) is 0 Å². The third kappa shape index (κ3) is 4.64. The first-order chi connectivity index (χ1) is 10.1. The van der Waals surface area contributed by atoms with Gasteiger partial charge in [0.2, 0.25) is 5.95 Å². The van der Waals surface area contributed by atoms with E-state index in [0.29, 0.717) is 12.1 Å². The molecule has 1 aromatic rings. The van der Waals surface area contributed by atoms with Gasteiger partial charge in [-0.1, -0.05) is 20.8 Å². The molecule has 1 aromatic heterocycles. The Kier molecular flexibility index (Phi) is 5.94. The highest BCUT2D eigenvalue weighted by molar-refractivity contribution is 5.32. The Morgan fingerprint density at radius 1 is 1.29 bits per heavy atom. The van der Waals surface area contributed by atoms with Gasteiger partial charge >= 0.3 is 0 Å². The van der Waals surface area contributed by atoms with E-state index < -0.39 is 0 Å². The molecule has 2 rings (SSSR count). The van der Waals surface area contributed by atoms with Crippen LogP contribution in [0.2, 0.25) is 0 Å². The summed E-state index contributed by atoms with van der Waals surface area (Å²) in [4.78, 5) is 14.0. The van der Waals surface area contributed by atoms with Crippen LogP contribution < -0.4 is 10.2 Å². The second-order valence-electron chi connectivity index (χ2n) is 6.30. The van der Waals surface area contributed by atoms with Crippen molar-refractivity contribution < 1.29 is 0 Å². The molecule has 5 heteroatoms. The fourth-order valence-electron chi connectivity index (χ4n) is 2.77. The number of hydrogen-bond donors (Lipinski definition) is 1. The third-order valence-electron chi connectivity index (χ3n) is 4.04. The Morgan fingerprint density at radius 3 is 2.62 bits per heavy atom. The average Bonchev–Trinajstić information content (AvgIpc) is 2.67. The molecule has 1 fully saturated rings. The van der Waals surface area contributed by atoms with Crippen molar-refractivity contribution in [3.8, 4) is 0 Å². The number of nitrogens with one attached hydrogen (secondary N) is 1. The van der Waals surface area contributed by atoms with E-state index in [2.05, 4.69) is 52.9 Å². The molecular weight excluding hydrogens is 262 g/mol. The zero-order chi connectivity index (χ0) is 15.2. The number of likely N-dealkylation sites (N-methyl/N-ethyl adjacent to an activating group) is 1. The van der Waals surface area contributed by atoms with Crippen LogP contribution in [-0.4, -0.2) is 53.6 Å². The SMILES string of the molecule is CCC1CN(C)CCCN1c1ncc(CNC(C)C)cn1. The monoisotopic (exact) mass is 291 g/mol. The first kappa shape index (κ1) is 16.2. The van der Waals surface area contributed by atoms with Crippen LogP contribution in [0.1, 0.15) is 39.2 Å². The van der Waals surface area contributed by atoms with Gasteiger partial charge in [-0.2, -0.15) is 0 Å². The molecule has 0 aromatic carbocycles. The highest BCUT2D eigenvalue weighted by Crippen LogP contribution is 2.17. The van der Waals surface area contributed by atoms with Crippen LogP contribution in [0.4, 0.5) is 5.95 Å². The summed E-state index contributed by atoms with van der Waals surface area (Å²) in [5.41, 5.74) is 1.15. The minimum absolute atomic E-state index is 0.482. The molecule has 5 nitrogen and oxygen atoms in total. The van der Waals surface area contributed by atoms with Crippen LogP contribution in [0.3, 0.4) is 0 Å². The lowest BCUT2D eigenvalue weighted by Gasteiger charge is -2.30. The number of anilines is 1. The van der Waals surface area contributed by atoms with E-state index in [0.717, 1.165) is 44.1 Å². The predicted molar refractivity (Wildman–Crippen MR) is 87.5 cm³/mol. The standard InChI is InChI=1S/C16H29N5/c1-5-15-12-20(4)7-6-8-21(15)16-18-10-14(11-19-16)9-17-13(2)3/h10-11,13,15,17H,5-9,12H2,1-4H3. The molecule has 0 aliphatic carbocycles. The number of aromatic nitrogens is 2. The van der Waals surface area contributed by atoms with Gasteiger partial charge in [-0.25, -0.2) is 9.97 Å². The van der Waals surface area contributed by atoms with Crippen molar-refractivity contribution in [1.82, 2.24) is 20.2 Å². The molecule has 1 saturated heterocycles. The van der Waals surface area contributed by atoms with E-state index in [1.54, 1.807) is 0 Å². The first-order valence-corrected chi connectivity index (χ1v) is 8.09. The number of hydrogen-bond acceptors (Lipinski definition) is 5. The lowest BCUT2D eigenvalue weighted by molar-refractivity contribution is 0.327. The summed E-state index contributed by atoms with van der Waals surface area (Å²) >= 11 is 0. The molecule has 0 spiro atoms. The van der Waals surface area contributed by atoms with E-state index in [9.17, 15) is 0 Å². The van der Waals surface area contributed by atoms with Crippen molar-refractivity contribution in [2.45, 2.75) is 52.2 Å². The Morgan fingerprint density at radius 2 is 2.00 bits per heavy atom. The highest BCUT2D eigenvalue weighted by Gasteiger charge is 2.23. The van der Waals surface area contributed by atoms with Gasteiger partial charge in [0.15, 0.2) is 0 Å². The molecule has 1 unspecified atom stereocenters. The smallest absolute Gasteiger partial charge is 0.225 e. The van der Waals surface area contributed by atoms with Crippen molar-refractivity contribution >= 4 is 5.95 Å². The van der Waals surface area contributed by atoms with E-state index >= 15 is 0 Å². The fraction of sp³-hybridized carbons (Fsp3) is 0.750. The van der Waals surface area contributed by atoms with E-state index in [-0.39, 0.29) is 0 Å². The second-order valence-corrected chi connectivity index (χ2v) is 6.30. The maximum Gasteiger partial charge on any atom is 0.225 e. The molecular formula is C16H29N5. The maximum atomic E-state index is 4.60. The molecule has 1 N–H and O–H groups in total. The van der Waals surface area contributed by atoms with Crippen molar-refractivity contribution in [2.75, 3.05) is 31.6 Å². The van der Waals surface area contributed by atoms with Gasteiger partial charge in [0.1, 0.15) is 0 Å². The van der Waals surface area contributed by atoms with Gasteiger partial charge in [-0.05, 0) is 26.4 Å². The van der Waals surface area contributed by atoms with Gasteiger partial charge in [0.25, 0.3) is 0 Å². The van der Waals surface area contributed by atoms with Gasteiger partial charge in [0, 0.05) is 49.7 Å². The van der Waals surface area contributed by atoms with Crippen molar-refractivity contribution in [3.63, 3.8) is 0 Å². The Bertz CT molecular complexity index is 417. The molecule has 118 valence electrons. The fourth-order valence-corrected chi connectivity index (χ4v) is 2.77. The van der Waals surface area contributed by atoms with Gasteiger partial charge in [0.05, 0.1) is 0 Å². The minimum atomic E-state index is 0.482. The van der Waals surface area contributed by atoms with Crippen molar-refractivity contribution in [2.24, 2.45) is 0 Å². The van der Waals surface area contributed by atoms with Crippen LogP contribution >= 0.6 is 0 Å². The summed E-state index contributed by atoms with van der Waals surface area (Å²) in [6.45, 7) is 10.7. The summed E-state index contributed by atoms with van der Waals surface area (Å²) in [5, 5.41) is 3.40. The molecule has 21 heavy (non-hydrogen) atoms. The Labute approximate surface area is 128 Å². The molecule has 1 aliphatic heterocycles. The highest BCUT2D eigenvalue weighted by atomic mass is 15.3. The topological polar surface area (TPSA) is 44.3 Å². The Balaban J connectivity index is 2.05. The molecule has 2 heterocycles. The summed E-state index contributed by atoms with van der Waals surface area (Å²) in [6, 6.07) is 0.993. The second kappa shape index (κ2) is 7.71. The minimum Gasteiger partial charge on any atom is -0.337 e. The predicted octanol–water partition coefficient (Wildman–Crippen LogP) is 1.90. The molecule has 1 aliphatic rings. The van der Waals surface area contributed by atoms with Crippen LogP contribution in [0.5, 0.6) is 0 Å². The van der Waals surface area contributed by atoms with Gasteiger partial charge in [-0.3, -0.25) is 0 Å². The molecule has 0 amide bonds.